The zero-order valence-electron chi connectivity index (χ0n) is 35.7. The van der Waals surface area contributed by atoms with E-state index in [1.807, 2.05) is 48.5 Å². The molecule has 0 spiro atoms. The summed E-state index contributed by atoms with van der Waals surface area (Å²) in [5.41, 5.74) is 2.23. The predicted molar refractivity (Wildman–Crippen MR) is 246 cm³/mol. The van der Waals surface area contributed by atoms with Crippen LogP contribution in [-0.4, -0.2) is 145 Å². The van der Waals surface area contributed by atoms with Crippen molar-refractivity contribution in [1.29, 1.82) is 0 Å². The summed E-state index contributed by atoms with van der Waals surface area (Å²) in [5.74, 6) is 0.625. The first-order chi connectivity index (χ1) is 31.1. The molecule has 0 saturated carbocycles. The van der Waals surface area contributed by atoms with Gasteiger partial charge in [-0.25, -0.2) is 8.42 Å². The number of nitrogens with one attached hydrogen (secondary N) is 4. The van der Waals surface area contributed by atoms with Crippen LogP contribution in [0, 0.1) is 0 Å². The molecule has 1 radical (unpaired) electrons. The van der Waals surface area contributed by atoms with Crippen LogP contribution in [0.15, 0.2) is 102 Å². The van der Waals surface area contributed by atoms with Crippen LogP contribution in [0.5, 0.6) is 5.75 Å². The van der Waals surface area contributed by atoms with E-state index in [4.69, 9.17) is 4.89 Å². The van der Waals surface area contributed by atoms with Gasteiger partial charge in [0.2, 0.25) is 35.7 Å². The first kappa shape index (κ1) is 53.9. The number of para-hydroxylation sites is 2. The van der Waals surface area contributed by atoms with E-state index in [1.54, 1.807) is 29.2 Å². The van der Waals surface area contributed by atoms with Gasteiger partial charge in [0, 0.05) is 103 Å². The smallest absolute Gasteiger partial charge is 0.744 e. The number of rotatable bonds is 24. The molecule has 0 saturated heterocycles. The van der Waals surface area contributed by atoms with Gasteiger partial charge in [0.15, 0.2) is 5.75 Å². The van der Waals surface area contributed by atoms with E-state index in [0.29, 0.717) is 22.6 Å². The third-order valence-electron chi connectivity index (χ3n) is 8.76. The Kier molecular flexibility index (Phi) is 22.2. The largest absolute Gasteiger partial charge is 1.00 e. The minimum absolute atomic E-state index is 0. The van der Waals surface area contributed by atoms with Crippen molar-refractivity contribution in [2.45, 2.75) is 4.90 Å². The standard InChI is InChI=1S/C40H44N12O10S2.2Na/c53-21-17-51(18-22-54)39-47-35(41-29-7-3-1-4-8-29)45-37(49-39)43-31-15-13-27(33(25-31)60-61-62-63)11-12-28-14-16-32(26-34(28)64(57,58)59)44-38-46-36(42-30-9-5-2-6-10-30)48-40(50-38)52(19-23-55)20-24-56;;/h1-16,25-26,53-56,63H,17-24H2,(H,57,58,59)(H2,41,43,45,47,49)(H2,42,44,46,48,50);;/q;;+1/p-1/b12-11+;;. The topological polar surface area (TPSA) is 298 Å². The molecule has 0 aliphatic carbocycles. The van der Waals surface area contributed by atoms with Crippen molar-refractivity contribution in [3.63, 3.8) is 0 Å². The molecular formula is C40H43N12Na2O10S2. The van der Waals surface area contributed by atoms with Gasteiger partial charge in [0.1, 0.15) is 10.1 Å². The molecule has 22 nitrogen and oxygen atoms in total. The van der Waals surface area contributed by atoms with E-state index in [2.05, 4.69) is 73.5 Å². The normalized spacial score (nSPS) is 11.0. The average molecular weight is 962 g/mol. The average Bonchev–Trinajstić information content (AvgIpc) is 3.28. The predicted octanol–water partition coefficient (Wildman–Crippen LogP) is 0.398. The summed E-state index contributed by atoms with van der Waals surface area (Å²) < 4.78 is 42.3. The second-order valence-corrected chi connectivity index (χ2v) is 14.7. The van der Waals surface area contributed by atoms with Gasteiger partial charge in [-0.1, -0.05) is 54.6 Å². The van der Waals surface area contributed by atoms with Gasteiger partial charge >= 0.3 is 29.6 Å². The first-order valence-corrected chi connectivity index (χ1v) is 21.1. The Morgan fingerprint density at radius 3 is 1.38 bits per heavy atom. The molecule has 6 aromatic rings. The summed E-state index contributed by atoms with van der Waals surface area (Å²) in [7, 11) is -5.07. The van der Waals surface area contributed by atoms with Crippen LogP contribution in [0.1, 0.15) is 11.1 Å². The van der Waals surface area contributed by atoms with Gasteiger partial charge in [-0.15, -0.1) is 4.33 Å². The molecule has 26 heteroatoms. The number of hydrogen-bond acceptors (Lipinski definition) is 23. The van der Waals surface area contributed by atoms with E-state index in [9.17, 15) is 33.4 Å². The summed E-state index contributed by atoms with van der Waals surface area (Å²) in [6.45, 7) is -0.505. The third-order valence-corrected chi connectivity index (χ3v) is 9.71. The Labute approximate surface area is 429 Å². The quantitative estimate of drug-likeness (QED) is 0.00754. The number of thiol groups is 1. The van der Waals surface area contributed by atoms with Crippen molar-refractivity contribution in [1.82, 2.24) is 29.9 Å². The van der Waals surface area contributed by atoms with Gasteiger partial charge in [-0.2, -0.15) is 29.9 Å². The molecule has 337 valence electrons. The maximum Gasteiger partial charge on any atom is 1.00 e. The van der Waals surface area contributed by atoms with Gasteiger partial charge in [0.25, 0.3) is 0 Å². The number of nitrogens with zero attached hydrogens (tertiary/aromatic N) is 8. The molecule has 6 rings (SSSR count). The van der Waals surface area contributed by atoms with Gasteiger partial charge in [-0.3, -0.25) is 0 Å². The molecule has 0 aliphatic heterocycles. The zero-order chi connectivity index (χ0) is 45.3. The number of benzene rings is 4. The number of aromatic nitrogens is 6. The van der Waals surface area contributed by atoms with Crippen LogP contribution in [-0.2, 0) is 19.5 Å². The molecule has 0 aliphatic rings. The van der Waals surface area contributed by atoms with Crippen molar-refractivity contribution in [2.75, 3.05) is 83.7 Å². The third kappa shape index (κ3) is 16.0. The van der Waals surface area contributed by atoms with Crippen molar-refractivity contribution in [3.05, 3.63) is 108 Å². The van der Waals surface area contributed by atoms with Crippen molar-refractivity contribution >= 4 is 123 Å². The molecule has 2 aromatic heterocycles. The molecule has 8 N–H and O–H groups in total. The van der Waals surface area contributed by atoms with Crippen LogP contribution in [0.25, 0.3) is 12.2 Å². The second kappa shape index (κ2) is 27.2. The van der Waals surface area contributed by atoms with E-state index >= 15 is 0 Å². The number of aliphatic hydroxyl groups excluding tert-OH is 4. The van der Waals surface area contributed by atoms with Crippen LogP contribution >= 0.6 is 12.9 Å². The summed E-state index contributed by atoms with van der Waals surface area (Å²) in [6, 6.07) is 26.9. The van der Waals surface area contributed by atoms with E-state index in [-0.39, 0.29) is 164 Å². The fraction of sp³-hybridized carbons (Fsp3) is 0.200. The monoisotopic (exact) mass is 961 g/mol. The van der Waals surface area contributed by atoms with Crippen LogP contribution in [0.2, 0.25) is 0 Å². The van der Waals surface area contributed by atoms with E-state index < -0.39 is 15.0 Å². The fourth-order valence-electron chi connectivity index (χ4n) is 5.92. The van der Waals surface area contributed by atoms with Crippen LogP contribution < -0.4 is 65.5 Å². The molecule has 0 bridgehead atoms. The Morgan fingerprint density at radius 1 is 0.576 bits per heavy atom. The van der Waals surface area contributed by atoms with Crippen molar-refractivity contribution in [2.24, 2.45) is 0 Å². The molecule has 4 aromatic carbocycles. The maximum atomic E-state index is 12.7. The minimum atomic E-state index is -5.07. The SMILES string of the molecule is O=S(=O)([O-])c1cc(Nc2nc(Nc3ccccc3)nc(N(CCO)CCO)n2)ccc1/C=C/c1ccc(Nc2nc(Nc3ccccc3)nc(N(CCO)CCO)n2)cc1OOOS.[Na+].[Na]. The van der Waals surface area contributed by atoms with E-state index in [0.717, 1.165) is 6.07 Å². The van der Waals surface area contributed by atoms with Crippen LogP contribution in [0.4, 0.5) is 58.4 Å². The number of aliphatic hydroxyl groups is 4. The summed E-state index contributed by atoms with van der Waals surface area (Å²) >= 11 is 3.57. The maximum absolute atomic E-state index is 12.7. The zero-order valence-corrected chi connectivity index (χ0v) is 41.4. The first-order valence-electron chi connectivity index (χ1n) is 19.3. The Morgan fingerprint density at radius 2 is 0.970 bits per heavy atom. The second-order valence-electron chi connectivity index (χ2n) is 13.2. The van der Waals surface area contributed by atoms with Crippen molar-refractivity contribution in [3.8, 4) is 5.75 Å². The Bertz CT molecular complexity index is 2590. The molecule has 2 heterocycles. The molecule has 0 fully saturated rings. The Balaban J connectivity index is 0.00000476. The summed E-state index contributed by atoms with van der Waals surface area (Å²) in [6.07, 6.45) is 2.85. The fourth-order valence-corrected chi connectivity index (χ4v) is 6.65. The van der Waals surface area contributed by atoms with Crippen molar-refractivity contribution < 1.29 is 77.2 Å². The molecule has 0 amide bonds. The van der Waals surface area contributed by atoms with Crippen LogP contribution in [0.3, 0.4) is 0 Å². The Hall–Kier alpha value is -4.74. The molecule has 0 atom stereocenters. The number of anilines is 10. The molecule has 0 unspecified atom stereocenters. The van der Waals surface area contributed by atoms with Gasteiger partial charge < -0.3 is 60.9 Å². The van der Waals surface area contributed by atoms with E-state index in [1.165, 1.54) is 35.3 Å². The minimum Gasteiger partial charge on any atom is -0.744 e. The number of hydrogen-bond donors (Lipinski definition) is 9. The summed E-state index contributed by atoms with van der Waals surface area (Å²) in [5, 5.41) is 55.4. The van der Waals surface area contributed by atoms with Gasteiger partial charge in [-0.05, 0) is 59.1 Å². The van der Waals surface area contributed by atoms with Gasteiger partial charge in [0.05, 0.1) is 31.3 Å². The molecular weight excluding hydrogens is 919 g/mol. The summed E-state index contributed by atoms with van der Waals surface area (Å²) in [4.78, 5) is 34.6. The molecule has 66 heavy (non-hydrogen) atoms.